The van der Waals surface area contributed by atoms with Crippen LogP contribution < -0.4 is 19.5 Å². The summed E-state index contributed by atoms with van der Waals surface area (Å²) in [4.78, 5) is 6.42. The summed E-state index contributed by atoms with van der Waals surface area (Å²) < 4.78 is 15.4. The summed E-state index contributed by atoms with van der Waals surface area (Å²) in [6.45, 7) is 0. The molecular weight excluding hydrogens is 251 g/mol. The van der Waals surface area contributed by atoms with E-state index in [9.17, 15) is 0 Å². The van der Waals surface area contributed by atoms with E-state index >= 15 is 0 Å². The first-order valence-electron chi connectivity index (χ1n) is 5.21. The predicted molar refractivity (Wildman–Crippen MR) is 74.0 cm³/mol. The lowest BCUT2D eigenvalue weighted by atomic mass is 10.3. The van der Waals surface area contributed by atoms with Gasteiger partial charge in [0.25, 0.3) is 0 Å². The number of hydrogen-bond donors (Lipinski definition) is 1. The molecule has 2 rings (SSSR count). The molecule has 0 saturated carbocycles. The molecule has 2 aromatic rings. The molecule has 0 amide bonds. The third-order valence-corrected chi connectivity index (χ3v) is 2.73. The van der Waals surface area contributed by atoms with Crippen LogP contribution in [0.3, 0.4) is 0 Å². The van der Waals surface area contributed by atoms with Crippen LogP contribution in [-0.4, -0.2) is 31.3 Å². The SMILES string of the molecule is COc1cc(OC)c(P)c(OC)c1.c1c[nH]cn1. The van der Waals surface area contributed by atoms with Crippen molar-refractivity contribution in [3.05, 3.63) is 30.9 Å². The molecule has 1 atom stereocenters. The summed E-state index contributed by atoms with van der Waals surface area (Å²) in [7, 11) is 7.41. The molecule has 0 spiro atoms. The molecule has 1 N–H and O–H groups in total. The lowest BCUT2D eigenvalue weighted by Gasteiger charge is -2.11. The van der Waals surface area contributed by atoms with Crippen LogP contribution in [0, 0.1) is 0 Å². The highest BCUT2D eigenvalue weighted by molar-refractivity contribution is 7.28. The molecule has 0 fully saturated rings. The van der Waals surface area contributed by atoms with Crippen LogP contribution in [0.25, 0.3) is 0 Å². The molecule has 98 valence electrons. The van der Waals surface area contributed by atoms with Crippen LogP contribution in [0.5, 0.6) is 17.2 Å². The summed E-state index contributed by atoms with van der Waals surface area (Å²) in [5, 5.41) is 0.894. The summed E-state index contributed by atoms with van der Waals surface area (Å²) in [6.07, 6.45) is 5.08. The smallest absolute Gasteiger partial charge is 0.133 e. The molecule has 0 aliphatic rings. The monoisotopic (exact) mass is 268 g/mol. The van der Waals surface area contributed by atoms with E-state index in [1.165, 1.54) is 0 Å². The number of aromatic amines is 1. The van der Waals surface area contributed by atoms with E-state index in [0.717, 1.165) is 22.6 Å². The van der Waals surface area contributed by atoms with Crippen molar-refractivity contribution in [1.82, 2.24) is 9.97 Å². The van der Waals surface area contributed by atoms with Crippen LogP contribution in [0.4, 0.5) is 0 Å². The highest BCUT2D eigenvalue weighted by Crippen LogP contribution is 2.26. The van der Waals surface area contributed by atoms with Gasteiger partial charge in [-0.1, -0.05) is 9.24 Å². The minimum Gasteiger partial charge on any atom is -0.496 e. The van der Waals surface area contributed by atoms with Gasteiger partial charge in [0, 0.05) is 24.5 Å². The first kappa shape index (κ1) is 14.3. The molecular formula is C12H17N2O3P. The number of aromatic nitrogens is 2. The maximum Gasteiger partial charge on any atom is 0.133 e. The van der Waals surface area contributed by atoms with E-state index in [-0.39, 0.29) is 0 Å². The van der Waals surface area contributed by atoms with E-state index in [1.54, 1.807) is 40.1 Å². The summed E-state index contributed by atoms with van der Waals surface area (Å²) in [6, 6.07) is 3.62. The van der Waals surface area contributed by atoms with E-state index in [1.807, 2.05) is 12.1 Å². The third kappa shape index (κ3) is 3.93. The van der Waals surface area contributed by atoms with Gasteiger partial charge in [0.05, 0.1) is 33.0 Å². The number of nitrogens with one attached hydrogen (secondary N) is 1. The average Bonchev–Trinajstić information content (AvgIpc) is 2.98. The van der Waals surface area contributed by atoms with E-state index in [4.69, 9.17) is 14.2 Å². The molecule has 1 heterocycles. The van der Waals surface area contributed by atoms with Crippen molar-refractivity contribution in [2.75, 3.05) is 21.3 Å². The zero-order valence-corrected chi connectivity index (χ0v) is 11.8. The van der Waals surface area contributed by atoms with E-state index < -0.39 is 0 Å². The second kappa shape index (κ2) is 7.56. The minimum atomic E-state index is 0.722. The van der Waals surface area contributed by atoms with Gasteiger partial charge in [-0.25, -0.2) is 4.98 Å². The number of ether oxygens (including phenoxy) is 3. The zero-order valence-electron chi connectivity index (χ0n) is 10.6. The summed E-state index contributed by atoms with van der Waals surface area (Å²) >= 11 is 0. The van der Waals surface area contributed by atoms with E-state index in [2.05, 4.69) is 19.2 Å². The number of nitrogens with zero attached hydrogens (tertiary/aromatic N) is 1. The number of H-pyrrole nitrogens is 1. The van der Waals surface area contributed by atoms with Gasteiger partial charge in [0.1, 0.15) is 17.2 Å². The molecule has 1 aromatic heterocycles. The fraction of sp³-hybridized carbons (Fsp3) is 0.250. The first-order valence-corrected chi connectivity index (χ1v) is 5.78. The first-order chi connectivity index (χ1) is 8.72. The number of hydrogen-bond acceptors (Lipinski definition) is 4. The van der Waals surface area contributed by atoms with Crippen molar-refractivity contribution in [1.29, 1.82) is 0 Å². The van der Waals surface area contributed by atoms with Crippen molar-refractivity contribution in [3.63, 3.8) is 0 Å². The van der Waals surface area contributed by atoms with Gasteiger partial charge in [0.2, 0.25) is 0 Å². The largest absolute Gasteiger partial charge is 0.496 e. The molecule has 0 aliphatic heterocycles. The Balaban J connectivity index is 0.000000269. The summed E-state index contributed by atoms with van der Waals surface area (Å²) in [5.74, 6) is 2.20. The van der Waals surface area contributed by atoms with Gasteiger partial charge < -0.3 is 19.2 Å². The molecule has 6 heteroatoms. The predicted octanol–water partition coefficient (Wildman–Crippen LogP) is 1.62. The van der Waals surface area contributed by atoms with Crippen LogP contribution in [-0.2, 0) is 0 Å². The highest BCUT2D eigenvalue weighted by atomic mass is 31.0. The molecule has 18 heavy (non-hydrogen) atoms. The van der Waals surface area contributed by atoms with Crippen molar-refractivity contribution < 1.29 is 14.2 Å². The number of imidazole rings is 1. The maximum absolute atomic E-state index is 5.15. The molecule has 5 nitrogen and oxygen atoms in total. The van der Waals surface area contributed by atoms with Crippen LogP contribution in [0.1, 0.15) is 0 Å². The van der Waals surface area contributed by atoms with Gasteiger partial charge in [-0.2, -0.15) is 0 Å². The van der Waals surface area contributed by atoms with Gasteiger partial charge in [-0.05, 0) is 0 Å². The molecule has 1 unspecified atom stereocenters. The lowest BCUT2D eigenvalue weighted by molar-refractivity contribution is 0.380. The Bertz CT molecular complexity index is 418. The van der Waals surface area contributed by atoms with Crippen molar-refractivity contribution in [2.24, 2.45) is 0 Å². The second-order valence-electron chi connectivity index (χ2n) is 3.21. The Kier molecular flexibility index (Phi) is 6.01. The van der Waals surface area contributed by atoms with Crippen LogP contribution >= 0.6 is 9.24 Å². The topological polar surface area (TPSA) is 56.4 Å². The fourth-order valence-electron chi connectivity index (χ4n) is 1.25. The molecule has 0 radical (unpaired) electrons. The Morgan fingerprint density at radius 1 is 1.06 bits per heavy atom. The van der Waals surface area contributed by atoms with Crippen molar-refractivity contribution in [2.45, 2.75) is 0 Å². The second-order valence-corrected chi connectivity index (χ2v) is 3.78. The van der Waals surface area contributed by atoms with Crippen LogP contribution in [0.2, 0.25) is 0 Å². The van der Waals surface area contributed by atoms with Gasteiger partial charge >= 0.3 is 0 Å². The molecule has 0 bridgehead atoms. The molecule has 0 saturated heterocycles. The van der Waals surface area contributed by atoms with Gasteiger partial charge in [0.15, 0.2) is 0 Å². The lowest BCUT2D eigenvalue weighted by Crippen LogP contribution is -2.03. The molecule has 1 aromatic carbocycles. The van der Waals surface area contributed by atoms with Crippen LogP contribution in [0.15, 0.2) is 30.9 Å². The quantitative estimate of drug-likeness (QED) is 0.859. The number of rotatable bonds is 3. The third-order valence-electron chi connectivity index (χ3n) is 2.16. The molecule has 0 aliphatic carbocycles. The standard InChI is InChI=1S/C9H13O3P.C3H4N2/c1-10-6-4-7(11-2)9(13)8(5-6)12-3;1-2-5-3-4-1/h4-5H,13H2,1-3H3;1-3H,(H,4,5). The van der Waals surface area contributed by atoms with Crippen molar-refractivity contribution >= 4 is 14.5 Å². The average molecular weight is 268 g/mol. The van der Waals surface area contributed by atoms with Crippen molar-refractivity contribution in [3.8, 4) is 17.2 Å². The van der Waals surface area contributed by atoms with E-state index in [0.29, 0.717) is 0 Å². The highest BCUT2D eigenvalue weighted by Gasteiger charge is 2.07. The van der Waals surface area contributed by atoms with Gasteiger partial charge in [-0.15, -0.1) is 0 Å². The Morgan fingerprint density at radius 3 is 1.94 bits per heavy atom. The number of benzene rings is 1. The van der Waals surface area contributed by atoms with Gasteiger partial charge in [-0.3, -0.25) is 0 Å². The Morgan fingerprint density at radius 2 is 1.67 bits per heavy atom. The normalized spacial score (nSPS) is 9.11. The Hall–Kier alpha value is -1.74. The summed E-state index contributed by atoms with van der Waals surface area (Å²) in [5.41, 5.74) is 0. The maximum atomic E-state index is 5.15. The Labute approximate surface area is 109 Å². The number of methoxy groups -OCH3 is 3. The zero-order chi connectivity index (χ0) is 13.4. The fourth-order valence-corrected chi connectivity index (χ4v) is 1.65. The minimum absolute atomic E-state index is 0.722.